The molecule has 0 radical (unpaired) electrons. The fourth-order valence-electron chi connectivity index (χ4n) is 3.61. The van der Waals surface area contributed by atoms with Crippen molar-refractivity contribution in [2.45, 2.75) is 32.1 Å². The second kappa shape index (κ2) is 9.99. The topological polar surface area (TPSA) is 142 Å². The predicted octanol–water partition coefficient (Wildman–Crippen LogP) is 3.42. The summed E-state index contributed by atoms with van der Waals surface area (Å²) in [6.07, 6.45) is 0.181. The molecule has 2 N–H and O–H groups in total. The summed E-state index contributed by atoms with van der Waals surface area (Å²) < 4.78 is 47.4. The molecule has 190 valence electrons. The number of nitrogens with zero attached hydrogens (tertiary/aromatic N) is 4. The number of rotatable bonds is 9. The van der Waals surface area contributed by atoms with Crippen LogP contribution in [0.4, 0.5) is 5.95 Å². The van der Waals surface area contributed by atoms with E-state index in [1.807, 2.05) is 6.92 Å². The molecular weight excluding hydrogens is 486 g/mol. The van der Waals surface area contributed by atoms with Crippen molar-refractivity contribution in [2.75, 3.05) is 18.9 Å². The molecule has 11 nitrogen and oxygen atoms in total. The summed E-state index contributed by atoms with van der Waals surface area (Å²) in [5, 5.41) is 17.8. The molecule has 3 aromatic heterocycles. The van der Waals surface area contributed by atoms with Crippen LogP contribution >= 0.6 is 0 Å². The van der Waals surface area contributed by atoms with E-state index in [-0.39, 0.29) is 17.5 Å². The number of aliphatic hydroxyl groups is 1. The van der Waals surface area contributed by atoms with Gasteiger partial charge in [0.1, 0.15) is 34.3 Å². The quantitative estimate of drug-likeness (QED) is 0.344. The molecule has 1 aromatic carbocycles. The highest BCUT2D eigenvalue weighted by molar-refractivity contribution is 7.93. The maximum atomic E-state index is 13.4. The van der Waals surface area contributed by atoms with Gasteiger partial charge in [-0.3, -0.25) is 14.3 Å². The molecule has 0 aliphatic heterocycles. The van der Waals surface area contributed by atoms with Crippen molar-refractivity contribution >= 4 is 16.0 Å². The zero-order valence-corrected chi connectivity index (χ0v) is 21.3. The van der Waals surface area contributed by atoms with E-state index in [1.54, 1.807) is 55.6 Å². The lowest BCUT2D eigenvalue weighted by atomic mass is 10.1. The number of pyridine rings is 1. The van der Waals surface area contributed by atoms with Crippen LogP contribution < -0.4 is 14.2 Å². The number of hydrogen-bond donors (Lipinski definition) is 2. The lowest BCUT2D eigenvalue weighted by Gasteiger charge is -2.21. The van der Waals surface area contributed by atoms with Gasteiger partial charge in [0.15, 0.2) is 5.76 Å². The number of aromatic nitrogens is 4. The normalized spacial score (nSPS) is 13.3. The second-order valence-corrected chi connectivity index (χ2v) is 10.2. The summed E-state index contributed by atoms with van der Waals surface area (Å²) >= 11 is 0. The Bertz CT molecular complexity index is 1440. The zero-order valence-electron chi connectivity index (χ0n) is 20.5. The van der Waals surface area contributed by atoms with Gasteiger partial charge in [0.25, 0.3) is 0 Å². The first kappa shape index (κ1) is 25.2. The zero-order chi connectivity index (χ0) is 26.0. The van der Waals surface area contributed by atoms with Crippen LogP contribution in [-0.4, -0.2) is 52.7 Å². The molecule has 12 heteroatoms. The Morgan fingerprint density at radius 3 is 2.28 bits per heavy atom. The Morgan fingerprint density at radius 2 is 1.72 bits per heavy atom. The molecule has 0 aliphatic carbocycles. The van der Waals surface area contributed by atoms with Crippen LogP contribution in [0.25, 0.3) is 17.3 Å². The van der Waals surface area contributed by atoms with E-state index in [2.05, 4.69) is 19.9 Å². The van der Waals surface area contributed by atoms with Gasteiger partial charge in [0.05, 0.1) is 19.9 Å². The third-order valence-corrected chi connectivity index (χ3v) is 7.36. The SMILES string of the molecule is COc1cccc(OC)c1-n1c(NS(=O)(=O)[C@H](C)[C@H](O)c2ccc(C)cn2)nnc1-c1ccc(C)o1. The van der Waals surface area contributed by atoms with Crippen molar-refractivity contribution in [3.63, 3.8) is 0 Å². The molecule has 0 spiro atoms. The number of sulfonamides is 1. The third-order valence-electron chi connectivity index (χ3n) is 5.65. The van der Waals surface area contributed by atoms with Gasteiger partial charge in [-0.05, 0) is 56.7 Å². The average molecular weight is 514 g/mol. The van der Waals surface area contributed by atoms with Crippen molar-refractivity contribution in [1.82, 2.24) is 19.7 Å². The van der Waals surface area contributed by atoms with Crippen LogP contribution in [0.1, 0.15) is 30.0 Å². The van der Waals surface area contributed by atoms with Crippen LogP contribution in [0.5, 0.6) is 11.5 Å². The minimum Gasteiger partial charge on any atom is -0.494 e. The standard InChI is InChI=1S/C24H27N5O6S/c1-14-9-11-17(25-13-14)22(30)16(3)36(31,32)28-24-27-26-23(20-12-10-15(2)35-20)29(24)21-18(33-4)7-6-8-19(21)34-5/h6-13,16,22,30H,1-5H3,(H,27,28)/t16-,22+/m1/s1. The van der Waals surface area contributed by atoms with E-state index in [9.17, 15) is 13.5 Å². The molecule has 4 rings (SSSR count). The number of benzene rings is 1. The van der Waals surface area contributed by atoms with Crippen molar-refractivity contribution in [3.05, 3.63) is 65.7 Å². The summed E-state index contributed by atoms with van der Waals surface area (Å²) in [5.41, 5.74) is 1.49. The van der Waals surface area contributed by atoms with Crippen LogP contribution in [0.15, 0.2) is 53.1 Å². The van der Waals surface area contributed by atoms with Gasteiger partial charge in [-0.15, -0.1) is 10.2 Å². The first-order chi connectivity index (χ1) is 17.2. The van der Waals surface area contributed by atoms with Gasteiger partial charge < -0.3 is 19.0 Å². The average Bonchev–Trinajstić information content (AvgIpc) is 3.48. The summed E-state index contributed by atoms with van der Waals surface area (Å²) in [7, 11) is -1.22. The molecule has 0 aliphatic rings. The highest BCUT2D eigenvalue weighted by Gasteiger charge is 2.33. The summed E-state index contributed by atoms with van der Waals surface area (Å²) in [6.45, 7) is 5.01. The highest BCUT2D eigenvalue weighted by Crippen LogP contribution is 2.38. The monoisotopic (exact) mass is 513 g/mol. The molecule has 36 heavy (non-hydrogen) atoms. The van der Waals surface area contributed by atoms with Crippen LogP contribution in [0.2, 0.25) is 0 Å². The van der Waals surface area contributed by atoms with E-state index in [0.29, 0.717) is 28.7 Å². The van der Waals surface area contributed by atoms with E-state index in [1.165, 1.54) is 25.7 Å². The van der Waals surface area contributed by atoms with Crippen molar-refractivity contribution in [2.24, 2.45) is 0 Å². The molecule has 3 heterocycles. The maximum Gasteiger partial charge on any atom is 0.243 e. The Labute approximate surface area is 208 Å². The molecular formula is C24H27N5O6S. The maximum absolute atomic E-state index is 13.4. The number of aliphatic hydroxyl groups excluding tert-OH is 1. The lowest BCUT2D eigenvalue weighted by molar-refractivity contribution is 0.171. The molecule has 0 unspecified atom stereocenters. The highest BCUT2D eigenvalue weighted by atomic mass is 32.2. The first-order valence-corrected chi connectivity index (χ1v) is 12.6. The molecule has 0 saturated heterocycles. The summed E-state index contributed by atoms with van der Waals surface area (Å²) in [5.74, 6) is 1.84. The Balaban J connectivity index is 1.81. The van der Waals surface area contributed by atoms with Gasteiger partial charge in [-0.25, -0.2) is 8.42 Å². The number of hydrogen-bond acceptors (Lipinski definition) is 9. The molecule has 0 saturated carbocycles. The van der Waals surface area contributed by atoms with Gasteiger partial charge in [0, 0.05) is 6.20 Å². The minimum absolute atomic E-state index is 0.141. The van der Waals surface area contributed by atoms with Gasteiger partial charge in [-0.1, -0.05) is 12.1 Å². The fraction of sp³-hybridized carbons (Fsp3) is 0.292. The Kier molecular flexibility index (Phi) is 7.00. The van der Waals surface area contributed by atoms with E-state index in [0.717, 1.165) is 5.56 Å². The molecule has 4 aromatic rings. The summed E-state index contributed by atoms with van der Waals surface area (Å²) in [4.78, 5) is 4.16. The Morgan fingerprint density at radius 1 is 1.03 bits per heavy atom. The minimum atomic E-state index is -4.18. The molecule has 0 amide bonds. The molecule has 2 atom stereocenters. The number of para-hydroxylation sites is 1. The van der Waals surface area contributed by atoms with Crippen LogP contribution in [0.3, 0.4) is 0 Å². The molecule has 0 bridgehead atoms. The molecule has 0 fully saturated rings. The van der Waals surface area contributed by atoms with Crippen LogP contribution in [0, 0.1) is 13.8 Å². The van der Waals surface area contributed by atoms with Crippen molar-refractivity contribution in [1.29, 1.82) is 0 Å². The Hall–Kier alpha value is -3.90. The smallest absolute Gasteiger partial charge is 0.243 e. The number of methoxy groups -OCH3 is 2. The first-order valence-electron chi connectivity index (χ1n) is 11.0. The number of furan rings is 1. The second-order valence-electron chi connectivity index (χ2n) is 8.16. The number of ether oxygens (including phenoxy) is 2. The third kappa shape index (κ3) is 4.77. The van der Waals surface area contributed by atoms with E-state index >= 15 is 0 Å². The van der Waals surface area contributed by atoms with E-state index in [4.69, 9.17) is 13.9 Å². The van der Waals surface area contributed by atoms with E-state index < -0.39 is 21.4 Å². The number of aryl methyl sites for hydroxylation is 2. The largest absolute Gasteiger partial charge is 0.494 e. The number of anilines is 1. The van der Waals surface area contributed by atoms with Gasteiger partial charge in [-0.2, -0.15) is 0 Å². The fourth-order valence-corrected chi connectivity index (χ4v) is 4.66. The van der Waals surface area contributed by atoms with Crippen molar-refractivity contribution in [3.8, 4) is 28.8 Å². The van der Waals surface area contributed by atoms with Gasteiger partial charge >= 0.3 is 0 Å². The van der Waals surface area contributed by atoms with Gasteiger partial charge in [0.2, 0.25) is 21.8 Å². The lowest BCUT2D eigenvalue weighted by Crippen LogP contribution is -2.32. The summed E-state index contributed by atoms with van der Waals surface area (Å²) in [6, 6.07) is 11.9. The van der Waals surface area contributed by atoms with Crippen LogP contribution in [-0.2, 0) is 10.0 Å². The van der Waals surface area contributed by atoms with Crippen molar-refractivity contribution < 1.29 is 27.4 Å². The predicted molar refractivity (Wildman–Crippen MR) is 133 cm³/mol. The number of nitrogens with one attached hydrogen (secondary N) is 1.